The summed E-state index contributed by atoms with van der Waals surface area (Å²) in [7, 11) is -9.66. The van der Waals surface area contributed by atoms with Crippen LogP contribution in [0.5, 0.6) is 0 Å². The topological polar surface area (TPSA) is 220 Å². The largest absolute Gasteiger partial charge is 2.00 e. The van der Waals surface area contributed by atoms with E-state index in [1.54, 1.807) is 0 Å². The van der Waals surface area contributed by atoms with Gasteiger partial charge >= 0.3 is 61.6 Å². The van der Waals surface area contributed by atoms with Gasteiger partial charge < -0.3 is 28.1 Å². The molecule has 0 aromatic heterocycles. The summed E-state index contributed by atoms with van der Waals surface area (Å²) in [5.74, 6) is -3.21. The summed E-state index contributed by atoms with van der Waals surface area (Å²) in [5, 5.41) is 0. The molecule has 0 heterocycles. The fourth-order valence-electron chi connectivity index (χ4n) is 13.2. The van der Waals surface area contributed by atoms with Crippen LogP contribution in [0.15, 0.2) is 94.8 Å². The minimum absolute atomic E-state index is 0. The van der Waals surface area contributed by atoms with Crippen molar-refractivity contribution in [3.05, 3.63) is 107 Å². The number of ether oxygens (including phenoxy) is 4. The Hall–Kier alpha value is -3.64. The summed E-state index contributed by atoms with van der Waals surface area (Å²) < 4.78 is 91.3. The smallest absolute Gasteiger partial charge is 0.744 e. The third-order valence-electron chi connectivity index (χ3n) is 20.0. The van der Waals surface area contributed by atoms with Gasteiger partial charge in [0, 0.05) is 0 Å². The standard InChI is InChI=1S/2C46H78O7S.Ca/c2*1-3-5-7-9-11-13-15-17-19-21-23-25-27-29-31-33-35-39-52-45(47)43-38-37-42(54(49,50)51)41-44(43)46(48)53-40-36-34-32-30-28-26-24-22-20-18-16-14-12-10-8-6-4-2;/h2*29-32,37-38,41H,3-28,33-36,39-40H2,1-2H3,(H,49,50,51);/q;;+2/p-2/b2*31-29+,32-30+;. The minimum atomic E-state index is -4.83. The van der Waals surface area contributed by atoms with E-state index in [1.165, 1.54) is 308 Å². The van der Waals surface area contributed by atoms with Crippen molar-refractivity contribution in [1.29, 1.82) is 0 Å². The van der Waals surface area contributed by atoms with Gasteiger partial charge in [-0.1, -0.05) is 359 Å². The second kappa shape index (κ2) is 77.0. The SMILES string of the molecule is CCCCCCCCCCCCCC/C=C/CCCOC(=O)c1ccc(S(=O)(=O)[O-])cc1C(=O)OCCC/C=C/CCCCCCCCCCCCCC.CCCCCCCCCCCCCC/C=C/CCCOC(=O)c1ccc(S(=O)(=O)[O-])cc1C(=O)OCCC/C=C/CCCCCCCCCCCCCC.[Ca+2]. The molecule has 0 atom stereocenters. The van der Waals surface area contributed by atoms with E-state index in [-0.39, 0.29) is 86.4 Å². The molecule has 0 fully saturated rings. The van der Waals surface area contributed by atoms with Crippen LogP contribution in [0.1, 0.15) is 454 Å². The second-order valence-corrected chi connectivity index (χ2v) is 32.8. The Kier molecular flexibility index (Phi) is 74.4. The second-order valence-electron chi connectivity index (χ2n) is 30.0. The molecule has 0 unspecified atom stereocenters. The zero-order chi connectivity index (χ0) is 78.8. The first-order valence-electron chi connectivity index (χ1n) is 44.1. The van der Waals surface area contributed by atoms with Crippen molar-refractivity contribution in [2.24, 2.45) is 0 Å². The molecule has 0 spiro atoms. The monoisotopic (exact) mass is 1590 g/mol. The van der Waals surface area contributed by atoms with E-state index in [9.17, 15) is 45.1 Å². The van der Waals surface area contributed by atoms with Crippen molar-refractivity contribution in [3.8, 4) is 0 Å². The van der Waals surface area contributed by atoms with Crippen molar-refractivity contribution < 1.29 is 64.1 Å². The molecule has 17 heteroatoms. The summed E-state index contributed by atoms with van der Waals surface area (Å²) in [6, 6.07) is 6.17. The van der Waals surface area contributed by atoms with E-state index < -0.39 is 53.9 Å². The van der Waals surface area contributed by atoms with E-state index in [0.717, 1.165) is 87.8 Å². The van der Waals surface area contributed by atoms with E-state index >= 15 is 0 Å². The molecule has 2 rings (SSSR count). The molecule has 0 aliphatic rings. The van der Waals surface area contributed by atoms with Gasteiger partial charge in [0.1, 0.15) is 20.2 Å². The fourth-order valence-corrected chi connectivity index (χ4v) is 14.2. The molecule has 0 radical (unpaired) electrons. The van der Waals surface area contributed by atoms with Crippen molar-refractivity contribution in [2.75, 3.05) is 26.4 Å². The van der Waals surface area contributed by atoms with Gasteiger partial charge in [0.05, 0.1) is 58.5 Å². The fraction of sp³-hybridized carbons (Fsp3) is 0.739. The van der Waals surface area contributed by atoms with Gasteiger partial charge in [-0.3, -0.25) is 0 Å². The molecular weight excluding hydrogens is 1430 g/mol. The summed E-state index contributed by atoms with van der Waals surface area (Å²) in [4.78, 5) is 50.4. The van der Waals surface area contributed by atoms with Crippen LogP contribution in [-0.4, -0.2) is 114 Å². The van der Waals surface area contributed by atoms with Crippen LogP contribution in [-0.2, 0) is 39.2 Å². The number of rotatable bonds is 74. The quantitative estimate of drug-likeness (QED) is 0.0150. The van der Waals surface area contributed by atoms with Crippen LogP contribution in [0.4, 0.5) is 0 Å². The Bertz CT molecular complexity index is 2670. The van der Waals surface area contributed by atoms with Crippen LogP contribution in [0.2, 0.25) is 0 Å². The van der Waals surface area contributed by atoms with Crippen LogP contribution in [0.3, 0.4) is 0 Å². The minimum Gasteiger partial charge on any atom is -0.744 e. The molecule has 0 bridgehead atoms. The average molecular weight is 1590 g/mol. The van der Waals surface area contributed by atoms with Gasteiger partial charge in [-0.25, -0.2) is 36.0 Å². The average Bonchev–Trinajstić information content (AvgIpc) is 0.815. The first-order valence-corrected chi connectivity index (χ1v) is 46.9. The number of hydrogen-bond donors (Lipinski definition) is 0. The molecule has 0 aliphatic carbocycles. The maximum absolute atomic E-state index is 12.9. The Morgan fingerprint density at radius 3 is 0.578 bits per heavy atom. The van der Waals surface area contributed by atoms with Gasteiger partial charge in [0.15, 0.2) is 0 Å². The van der Waals surface area contributed by atoms with E-state index in [4.69, 9.17) is 18.9 Å². The Balaban J connectivity index is 0.00000212. The van der Waals surface area contributed by atoms with Crippen LogP contribution in [0.25, 0.3) is 0 Å². The maximum atomic E-state index is 12.9. The molecule has 0 saturated carbocycles. The molecule has 0 saturated heterocycles. The van der Waals surface area contributed by atoms with Crippen LogP contribution >= 0.6 is 0 Å². The Morgan fingerprint density at radius 1 is 0.248 bits per heavy atom. The summed E-state index contributed by atoms with van der Waals surface area (Å²) >= 11 is 0. The molecule has 0 N–H and O–H groups in total. The number of esters is 4. The molecule has 2 aromatic rings. The van der Waals surface area contributed by atoms with Gasteiger partial charge in [0.25, 0.3) is 0 Å². The van der Waals surface area contributed by atoms with Gasteiger partial charge in [-0.05, 0) is 139 Å². The zero-order valence-corrected chi connectivity index (χ0v) is 73.4. The third-order valence-corrected chi connectivity index (χ3v) is 21.7. The van der Waals surface area contributed by atoms with Crippen LogP contribution < -0.4 is 0 Å². The van der Waals surface area contributed by atoms with E-state index in [2.05, 4.69) is 76.3 Å². The molecular formula is C92H154CaO14S2. The first kappa shape index (κ1) is 105. The van der Waals surface area contributed by atoms with Crippen molar-refractivity contribution in [2.45, 2.75) is 423 Å². The summed E-state index contributed by atoms with van der Waals surface area (Å²) in [6.45, 7) is 9.56. The van der Waals surface area contributed by atoms with E-state index in [0.29, 0.717) is 25.7 Å². The predicted octanol–water partition coefficient (Wildman–Crippen LogP) is 27.1. The van der Waals surface area contributed by atoms with Gasteiger partial charge in [0.2, 0.25) is 0 Å². The van der Waals surface area contributed by atoms with E-state index in [1.807, 2.05) is 0 Å². The maximum Gasteiger partial charge on any atom is 2.00 e. The number of unbranched alkanes of at least 4 members (excludes halogenated alkanes) is 52. The van der Waals surface area contributed by atoms with Crippen LogP contribution in [0, 0.1) is 0 Å². The molecule has 620 valence electrons. The number of hydrogen-bond acceptors (Lipinski definition) is 14. The molecule has 109 heavy (non-hydrogen) atoms. The first-order chi connectivity index (χ1) is 52.6. The van der Waals surface area contributed by atoms with Crippen molar-refractivity contribution >= 4 is 81.9 Å². The predicted molar refractivity (Wildman–Crippen MR) is 452 cm³/mol. The zero-order valence-electron chi connectivity index (χ0n) is 69.6. The van der Waals surface area contributed by atoms with Gasteiger partial charge in [-0.15, -0.1) is 0 Å². The Labute approximate surface area is 696 Å². The molecule has 0 aliphatic heterocycles. The normalized spacial score (nSPS) is 11.8. The van der Waals surface area contributed by atoms with Gasteiger partial charge in [-0.2, -0.15) is 0 Å². The number of benzene rings is 2. The molecule has 2 aromatic carbocycles. The third kappa shape index (κ3) is 64.3. The number of carbonyl (C=O) groups excluding carboxylic acids is 4. The number of carbonyl (C=O) groups is 4. The van der Waals surface area contributed by atoms with Crippen molar-refractivity contribution in [1.82, 2.24) is 0 Å². The molecule has 0 amide bonds. The number of allylic oxidation sites excluding steroid dienone is 8. The van der Waals surface area contributed by atoms with Crippen molar-refractivity contribution in [3.63, 3.8) is 0 Å². The summed E-state index contributed by atoms with van der Waals surface area (Å²) in [6.07, 6.45) is 90.7. The Morgan fingerprint density at radius 2 is 0.404 bits per heavy atom. The molecule has 14 nitrogen and oxygen atoms in total. The summed E-state index contributed by atoms with van der Waals surface area (Å²) in [5.41, 5.74) is -0.780.